The van der Waals surface area contributed by atoms with Crippen molar-refractivity contribution in [2.45, 2.75) is 192 Å². The molecule has 18 atom stereocenters. The van der Waals surface area contributed by atoms with Crippen LogP contribution < -0.4 is 0 Å². The molecule has 3 aliphatic heterocycles. The first-order chi connectivity index (χ1) is 27.3. The predicted molar refractivity (Wildman–Crippen MR) is 208 cm³/mol. The molecule has 7 rings (SSSR count). The highest BCUT2D eigenvalue weighted by molar-refractivity contribution is 7.80. The SMILES string of the molecule is CC(C)CCCC1(C)OC(=O)C23C(O)C=C4C(CCC5C4(C)CCC(OCC4OCC(OS(=O)(=O)O)C(O)C4OC4OC(C)C(O)C(O)C4O)C5(C)C)C2(C)CCC13O. The summed E-state index contributed by atoms with van der Waals surface area (Å²) in [4.78, 5) is 14.3. The summed E-state index contributed by atoms with van der Waals surface area (Å²) in [5.74, 6) is -0.0145. The number of carbonyl (C=O) groups is 1. The molecule has 7 aliphatic rings. The van der Waals surface area contributed by atoms with Gasteiger partial charge in [-0.15, -0.1) is 0 Å². The monoisotopic (exact) mass is 860 g/mol. The van der Waals surface area contributed by atoms with Gasteiger partial charge >= 0.3 is 16.4 Å². The van der Waals surface area contributed by atoms with Crippen molar-refractivity contribution in [2.75, 3.05) is 13.2 Å². The summed E-state index contributed by atoms with van der Waals surface area (Å²) >= 11 is 0. The summed E-state index contributed by atoms with van der Waals surface area (Å²) in [7, 11) is -5.01. The molecule has 59 heavy (non-hydrogen) atoms. The van der Waals surface area contributed by atoms with Crippen LogP contribution >= 0.6 is 0 Å². The van der Waals surface area contributed by atoms with E-state index in [4.69, 9.17) is 23.7 Å². The molecule has 0 aromatic rings. The Hall–Kier alpha value is -1.32. The van der Waals surface area contributed by atoms with Crippen LogP contribution in [0.15, 0.2) is 11.6 Å². The smallest absolute Gasteiger partial charge is 0.397 e. The van der Waals surface area contributed by atoms with Gasteiger partial charge in [-0.1, -0.05) is 59.6 Å². The highest BCUT2D eigenvalue weighted by Crippen LogP contribution is 2.77. The highest BCUT2D eigenvalue weighted by atomic mass is 32.3. The maximum absolute atomic E-state index is 14.3. The van der Waals surface area contributed by atoms with Crippen molar-refractivity contribution in [1.82, 2.24) is 0 Å². The summed E-state index contributed by atoms with van der Waals surface area (Å²) in [6.07, 6.45) is -6.72. The first-order valence-corrected chi connectivity index (χ1v) is 22.9. The molecule has 0 radical (unpaired) electrons. The molecule has 6 fully saturated rings. The normalized spacial score (nSPS) is 50.7. The van der Waals surface area contributed by atoms with Gasteiger partial charge in [-0.2, -0.15) is 8.42 Å². The van der Waals surface area contributed by atoms with Gasteiger partial charge in [0.05, 0.1) is 31.5 Å². The molecule has 3 heterocycles. The number of aliphatic hydroxyl groups is 6. The van der Waals surface area contributed by atoms with Crippen molar-refractivity contribution < 1.29 is 76.3 Å². The summed E-state index contributed by atoms with van der Waals surface area (Å²) in [5.41, 5.74) is -4.56. The van der Waals surface area contributed by atoms with Crippen LogP contribution in [0.2, 0.25) is 0 Å². The zero-order valence-corrected chi connectivity index (χ0v) is 36.5. The maximum Gasteiger partial charge on any atom is 0.397 e. The average Bonchev–Trinajstić information content (AvgIpc) is 3.50. The number of aliphatic hydroxyl groups excluding tert-OH is 5. The molecule has 4 aliphatic carbocycles. The topological polar surface area (TPSA) is 248 Å². The molecule has 16 nitrogen and oxygen atoms in total. The molecule has 0 aromatic carbocycles. The van der Waals surface area contributed by atoms with Crippen LogP contribution in [0, 0.1) is 39.4 Å². The average molecular weight is 861 g/mol. The van der Waals surface area contributed by atoms with Gasteiger partial charge in [0.15, 0.2) is 6.29 Å². The first-order valence-electron chi connectivity index (χ1n) is 21.6. The van der Waals surface area contributed by atoms with Gasteiger partial charge in [-0.05, 0) is 99.2 Å². The highest BCUT2D eigenvalue weighted by Gasteiger charge is 2.85. The fourth-order valence-corrected chi connectivity index (χ4v) is 13.9. The van der Waals surface area contributed by atoms with Crippen molar-refractivity contribution in [3.05, 3.63) is 11.6 Å². The van der Waals surface area contributed by atoms with Crippen molar-refractivity contribution in [2.24, 2.45) is 39.4 Å². The molecule has 0 amide bonds. The van der Waals surface area contributed by atoms with E-state index in [1.165, 1.54) is 6.92 Å². The van der Waals surface area contributed by atoms with E-state index in [9.17, 15) is 48.4 Å². The minimum Gasteiger partial charge on any atom is -0.456 e. The number of esters is 1. The molecule has 18 unspecified atom stereocenters. The molecular formula is C42H68O16S. The Bertz CT molecular complexity index is 1740. The Morgan fingerprint density at radius 2 is 1.63 bits per heavy atom. The van der Waals surface area contributed by atoms with Crippen LogP contribution in [0.25, 0.3) is 0 Å². The van der Waals surface area contributed by atoms with E-state index >= 15 is 0 Å². The molecule has 3 saturated heterocycles. The maximum atomic E-state index is 14.3. The fourth-order valence-electron chi connectivity index (χ4n) is 13.4. The van der Waals surface area contributed by atoms with E-state index < -0.39 is 112 Å². The largest absolute Gasteiger partial charge is 0.456 e. The van der Waals surface area contributed by atoms with Gasteiger partial charge < -0.3 is 54.3 Å². The number of allylic oxidation sites excluding steroid dienone is 1. The van der Waals surface area contributed by atoms with Crippen molar-refractivity contribution in [3.8, 4) is 0 Å². The molecule has 1 spiro atoms. The van der Waals surface area contributed by atoms with Gasteiger partial charge in [0.25, 0.3) is 0 Å². The lowest BCUT2D eigenvalue weighted by Gasteiger charge is -2.64. The molecule has 17 heteroatoms. The van der Waals surface area contributed by atoms with E-state index in [1.807, 2.05) is 13.0 Å². The molecule has 7 N–H and O–H groups in total. The molecule has 0 bridgehead atoms. The van der Waals surface area contributed by atoms with E-state index in [0.29, 0.717) is 38.0 Å². The van der Waals surface area contributed by atoms with Crippen LogP contribution in [-0.2, 0) is 43.1 Å². The summed E-state index contributed by atoms with van der Waals surface area (Å²) in [6, 6.07) is 0. The van der Waals surface area contributed by atoms with Gasteiger partial charge in [0, 0.05) is 0 Å². The van der Waals surface area contributed by atoms with E-state index in [0.717, 1.165) is 31.3 Å². The first kappa shape index (κ1) is 45.7. The molecule has 0 aromatic heterocycles. The quantitative estimate of drug-likeness (QED) is 0.0895. The third-order valence-corrected chi connectivity index (χ3v) is 17.1. The van der Waals surface area contributed by atoms with Crippen LogP contribution in [0.3, 0.4) is 0 Å². The van der Waals surface area contributed by atoms with Gasteiger partial charge in [0.2, 0.25) is 0 Å². The summed E-state index contributed by atoms with van der Waals surface area (Å²) in [5, 5.41) is 67.7. The van der Waals surface area contributed by atoms with E-state index in [1.54, 1.807) is 0 Å². The zero-order valence-electron chi connectivity index (χ0n) is 35.7. The molecular weight excluding hydrogens is 793 g/mol. The molecule has 338 valence electrons. The number of fused-ring (bicyclic) bond motifs is 4. The summed E-state index contributed by atoms with van der Waals surface area (Å²) < 4.78 is 67.6. The Balaban J connectivity index is 1.11. The second-order valence-electron chi connectivity index (χ2n) is 20.5. The lowest BCUT2D eigenvalue weighted by atomic mass is 9.40. The predicted octanol–water partition coefficient (Wildman–Crippen LogP) is 2.34. The fraction of sp³-hybridized carbons (Fsp3) is 0.929. The zero-order chi connectivity index (χ0) is 43.5. The number of cyclic esters (lactones) is 1. The van der Waals surface area contributed by atoms with Crippen LogP contribution in [0.4, 0.5) is 0 Å². The Morgan fingerprint density at radius 1 is 0.932 bits per heavy atom. The van der Waals surface area contributed by atoms with Crippen LogP contribution in [0.1, 0.15) is 113 Å². The Kier molecular flexibility index (Phi) is 12.0. The second-order valence-corrected chi connectivity index (χ2v) is 21.6. The Morgan fingerprint density at radius 3 is 2.29 bits per heavy atom. The lowest BCUT2D eigenvalue weighted by Crippen LogP contribution is -2.68. The van der Waals surface area contributed by atoms with Crippen molar-refractivity contribution >= 4 is 16.4 Å². The third-order valence-electron chi connectivity index (χ3n) is 16.6. The van der Waals surface area contributed by atoms with Gasteiger partial charge in [0.1, 0.15) is 59.3 Å². The number of carbonyl (C=O) groups excluding carboxylic acids is 1. The minimum absolute atomic E-state index is 0.0624. The van der Waals surface area contributed by atoms with Gasteiger partial charge in [-0.3, -0.25) is 9.35 Å². The number of ether oxygens (including phenoxy) is 5. The van der Waals surface area contributed by atoms with Crippen LogP contribution in [-0.4, -0.2) is 141 Å². The summed E-state index contributed by atoms with van der Waals surface area (Å²) in [6.45, 7) is 15.6. The molecule has 3 saturated carbocycles. The van der Waals surface area contributed by atoms with E-state index in [-0.39, 0.29) is 30.0 Å². The standard InChI is InChI=1S/C42H68O16S/c1-21(2)10-9-14-40(8)41(49)17-16-39(7)23-11-12-27-37(4,5)29(13-15-38(27,6)24(23)18-28(43)42(39,41)36(48)57-40)54-20-26-34(31(45)25(19-53-26)58-59(50,51)52)56-35-33(47)32(46)30(44)22(3)55-35/h18,21-23,25-35,43-47,49H,9-17,19-20H2,1-8H3,(H,50,51,52). The third kappa shape index (κ3) is 6.90. The minimum atomic E-state index is -5.01. The number of hydrogen-bond donors (Lipinski definition) is 7. The Labute approximate surface area is 347 Å². The number of hydrogen-bond acceptors (Lipinski definition) is 15. The van der Waals surface area contributed by atoms with Crippen LogP contribution in [0.5, 0.6) is 0 Å². The number of rotatable bonds is 11. The van der Waals surface area contributed by atoms with E-state index in [2.05, 4.69) is 45.7 Å². The van der Waals surface area contributed by atoms with Gasteiger partial charge in [-0.25, -0.2) is 4.18 Å². The second kappa shape index (κ2) is 15.4. The van der Waals surface area contributed by atoms with Crippen molar-refractivity contribution in [3.63, 3.8) is 0 Å². The van der Waals surface area contributed by atoms with Crippen molar-refractivity contribution in [1.29, 1.82) is 0 Å². The lowest BCUT2D eigenvalue weighted by molar-refractivity contribution is -0.332.